The summed E-state index contributed by atoms with van der Waals surface area (Å²) in [4.78, 5) is 0. The van der Waals surface area contributed by atoms with Gasteiger partial charge in [-0.1, -0.05) is 39.7 Å². The first-order chi connectivity index (χ1) is 9.54. The van der Waals surface area contributed by atoms with E-state index in [1.165, 1.54) is 6.07 Å². The van der Waals surface area contributed by atoms with E-state index in [-0.39, 0.29) is 0 Å². The molecule has 20 heavy (non-hydrogen) atoms. The third-order valence-electron chi connectivity index (χ3n) is 3.35. The van der Waals surface area contributed by atoms with Gasteiger partial charge in [0.2, 0.25) is 0 Å². The van der Waals surface area contributed by atoms with Crippen LogP contribution in [0.25, 0.3) is 0 Å². The van der Waals surface area contributed by atoms with Crippen LogP contribution in [-0.4, -0.2) is 5.11 Å². The van der Waals surface area contributed by atoms with Gasteiger partial charge >= 0.3 is 0 Å². The molecular weight excluding hydrogens is 347 g/mol. The van der Waals surface area contributed by atoms with Crippen LogP contribution >= 0.6 is 27.5 Å². The number of aliphatic hydroxyl groups excluding tert-OH is 1. The van der Waals surface area contributed by atoms with Crippen molar-refractivity contribution in [3.05, 3.63) is 62.8 Å². The summed E-state index contributed by atoms with van der Waals surface area (Å²) in [6.45, 7) is 0. The average Bonchev–Trinajstić information content (AvgIpc) is 2.37. The number of hydrogen-bond donors (Lipinski definition) is 1. The van der Waals surface area contributed by atoms with Gasteiger partial charge < -0.3 is 9.84 Å². The van der Waals surface area contributed by atoms with Crippen molar-refractivity contribution in [1.29, 1.82) is 0 Å². The molecule has 0 aromatic heterocycles. The van der Waals surface area contributed by atoms with E-state index in [2.05, 4.69) is 15.9 Å². The van der Waals surface area contributed by atoms with Gasteiger partial charge in [0.25, 0.3) is 0 Å². The molecule has 0 bridgehead atoms. The molecule has 5 heteroatoms. The molecule has 104 valence electrons. The van der Waals surface area contributed by atoms with E-state index >= 15 is 0 Å². The monoisotopic (exact) mass is 356 g/mol. The molecule has 1 aliphatic rings. The summed E-state index contributed by atoms with van der Waals surface area (Å²) in [6.07, 6.45) is -0.885. The summed E-state index contributed by atoms with van der Waals surface area (Å²) < 4.78 is 20.6. The molecule has 2 nitrogen and oxygen atoms in total. The van der Waals surface area contributed by atoms with Gasteiger partial charge in [-0.2, -0.15) is 0 Å². The lowest BCUT2D eigenvalue weighted by Gasteiger charge is -2.30. The number of rotatable bonds is 1. The Balaban J connectivity index is 1.98. The molecular formula is C15H11BrClFO2. The summed E-state index contributed by atoms with van der Waals surface area (Å²) >= 11 is 9.11. The summed E-state index contributed by atoms with van der Waals surface area (Å²) in [7, 11) is 0. The number of benzene rings is 2. The van der Waals surface area contributed by atoms with E-state index in [4.69, 9.17) is 16.3 Å². The van der Waals surface area contributed by atoms with Crippen molar-refractivity contribution in [1.82, 2.24) is 0 Å². The van der Waals surface area contributed by atoms with Crippen LogP contribution in [0.3, 0.4) is 0 Å². The van der Waals surface area contributed by atoms with E-state index in [9.17, 15) is 9.50 Å². The van der Waals surface area contributed by atoms with Crippen molar-refractivity contribution in [2.45, 2.75) is 18.6 Å². The van der Waals surface area contributed by atoms with Crippen LogP contribution in [0.4, 0.5) is 4.39 Å². The largest absolute Gasteiger partial charge is 0.485 e. The minimum absolute atomic E-state index is 0.313. The van der Waals surface area contributed by atoms with Gasteiger partial charge in [0.1, 0.15) is 17.7 Å². The number of hydrogen-bond acceptors (Lipinski definition) is 2. The van der Waals surface area contributed by atoms with E-state index in [0.29, 0.717) is 22.8 Å². The molecule has 0 fully saturated rings. The Hall–Kier alpha value is -1.10. The molecule has 1 aliphatic heterocycles. The Morgan fingerprint density at radius 3 is 2.70 bits per heavy atom. The highest BCUT2D eigenvalue weighted by atomic mass is 79.9. The van der Waals surface area contributed by atoms with Crippen LogP contribution in [0.2, 0.25) is 5.02 Å². The fraction of sp³-hybridized carbons (Fsp3) is 0.200. The summed E-state index contributed by atoms with van der Waals surface area (Å²) in [6, 6.07) is 9.89. The molecule has 1 heterocycles. The molecule has 0 saturated carbocycles. The van der Waals surface area contributed by atoms with Crippen molar-refractivity contribution in [3.63, 3.8) is 0 Å². The molecule has 2 unspecified atom stereocenters. The second-order valence-electron chi connectivity index (χ2n) is 4.71. The second-order valence-corrected chi connectivity index (χ2v) is 6.06. The van der Waals surface area contributed by atoms with E-state index in [1.54, 1.807) is 24.3 Å². The molecule has 1 N–H and O–H groups in total. The third kappa shape index (κ3) is 2.55. The predicted molar refractivity (Wildman–Crippen MR) is 78.5 cm³/mol. The molecule has 0 radical (unpaired) electrons. The van der Waals surface area contributed by atoms with Crippen LogP contribution < -0.4 is 4.74 Å². The lowest BCUT2D eigenvalue weighted by atomic mass is 9.95. The van der Waals surface area contributed by atoms with Gasteiger partial charge in [0, 0.05) is 27.0 Å². The Labute approximate surface area is 129 Å². The zero-order valence-electron chi connectivity index (χ0n) is 10.3. The minimum Gasteiger partial charge on any atom is -0.485 e. The standard InChI is InChI=1S/C15H11BrClFO2/c16-8-1-3-11-13(19)7-15(20-14(11)5-8)10-4-2-9(17)6-12(10)18/h1-6,13,15,19H,7H2. The fourth-order valence-corrected chi connectivity index (χ4v) is 2.87. The van der Waals surface area contributed by atoms with Gasteiger partial charge in [-0.3, -0.25) is 0 Å². The Bertz CT molecular complexity index is 662. The van der Waals surface area contributed by atoms with E-state index in [1.807, 2.05) is 6.07 Å². The molecule has 0 aliphatic carbocycles. The highest BCUT2D eigenvalue weighted by Gasteiger charge is 2.29. The van der Waals surface area contributed by atoms with Crippen molar-refractivity contribution in [2.24, 2.45) is 0 Å². The predicted octanol–water partition coefficient (Wildman–Crippen LogP) is 4.80. The topological polar surface area (TPSA) is 29.5 Å². The Morgan fingerprint density at radius 1 is 1.20 bits per heavy atom. The van der Waals surface area contributed by atoms with Gasteiger partial charge in [-0.05, 0) is 24.3 Å². The van der Waals surface area contributed by atoms with Crippen molar-refractivity contribution < 1.29 is 14.2 Å². The SMILES string of the molecule is OC1CC(c2ccc(Cl)cc2F)Oc2cc(Br)ccc21. The second kappa shape index (κ2) is 5.35. The smallest absolute Gasteiger partial charge is 0.131 e. The quantitative estimate of drug-likeness (QED) is 0.794. The van der Waals surface area contributed by atoms with E-state index < -0.39 is 18.0 Å². The van der Waals surface area contributed by atoms with Crippen LogP contribution in [0.15, 0.2) is 40.9 Å². The number of aliphatic hydroxyl groups is 1. The first-order valence-electron chi connectivity index (χ1n) is 6.13. The maximum absolute atomic E-state index is 14.0. The Morgan fingerprint density at radius 2 is 1.95 bits per heavy atom. The van der Waals surface area contributed by atoms with Crippen LogP contribution in [-0.2, 0) is 0 Å². The number of fused-ring (bicyclic) bond motifs is 1. The Kier molecular flexibility index (Phi) is 3.71. The highest BCUT2D eigenvalue weighted by Crippen LogP contribution is 2.42. The molecule has 0 amide bonds. The minimum atomic E-state index is -0.674. The zero-order valence-corrected chi connectivity index (χ0v) is 12.7. The van der Waals surface area contributed by atoms with Gasteiger partial charge in [0.05, 0.1) is 6.10 Å². The van der Waals surface area contributed by atoms with Crippen molar-refractivity contribution >= 4 is 27.5 Å². The number of halogens is 3. The maximum Gasteiger partial charge on any atom is 0.131 e. The van der Waals surface area contributed by atoms with Crippen molar-refractivity contribution in [2.75, 3.05) is 0 Å². The molecule has 0 saturated heterocycles. The summed E-state index contributed by atoms with van der Waals surface area (Å²) in [5.41, 5.74) is 1.12. The number of ether oxygens (including phenoxy) is 1. The third-order valence-corrected chi connectivity index (χ3v) is 4.08. The van der Waals surface area contributed by atoms with Gasteiger partial charge in [-0.15, -0.1) is 0 Å². The molecule has 2 atom stereocenters. The van der Waals surface area contributed by atoms with Gasteiger partial charge in [0.15, 0.2) is 0 Å². The molecule has 0 spiro atoms. The zero-order chi connectivity index (χ0) is 14.3. The highest BCUT2D eigenvalue weighted by molar-refractivity contribution is 9.10. The fourth-order valence-electron chi connectivity index (χ4n) is 2.37. The summed E-state index contributed by atoms with van der Waals surface area (Å²) in [5.74, 6) is 0.144. The van der Waals surface area contributed by atoms with Crippen molar-refractivity contribution in [3.8, 4) is 5.75 Å². The first kappa shape index (κ1) is 13.9. The molecule has 2 aromatic carbocycles. The normalized spacial score (nSPS) is 21.2. The maximum atomic E-state index is 14.0. The first-order valence-corrected chi connectivity index (χ1v) is 7.31. The van der Waals surface area contributed by atoms with Crippen LogP contribution in [0.5, 0.6) is 5.75 Å². The lowest BCUT2D eigenvalue weighted by molar-refractivity contribution is 0.0639. The van der Waals surface area contributed by atoms with Crippen LogP contribution in [0.1, 0.15) is 29.8 Å². The van der Waals surface area contributed by atoms with E-state index in [0.717, 1.165) is 10.0 Å². The summed E-state index contributed by atoms with van der Waals surface area (Å²) in [5, 5.41) is 10.5. The van der Waals surface area contributed by atoms with Gasteiger partial charge in [-0.25, -0.2) is 4.39 Å². The van der Waals surface area contributed by atoms with Crippen LogP contribution in [0, 0.1) is 5.82 Å². The average molecular weight is 358 g/mol. The lowest BCUT2D eigenvalue weighted by Crippen LogP contribution is -2.20. The molecule has 3 rings (SSSR count). The molecule has 2 aromatic rings.